The summed E-state index contributed by atoms with van der Waals surface area (Å²) in [5, 5.41) is 10.2. The van der Waals surface area contributed by atoms with Gasteiger partial charge in [0.05, 0.1) is 11.1 Å². The highest BCUT2D eigenvalue weighted by Crippen LogP contribution is 2.51. The average Bonchev–Trinajstić information content (AvgIpc) is 2.35. The van der Waals surface area contributed by atoms with Crippen molar-refractivity contribution < 1.29 is 9.52 Å². The average molecular weight is 260 g/mol. The molecule has 0 aliphatic carbocycles. The largest absolute Gasteiger partial charge is 0.507 e. The van der Waals surface area contributed by atoms with E-state index in [-0.39, 0.29) is 16.6 Å². The van der Waals surface area contributed by atoms with E-state index in [2.05, 4.69) is 0 Å². The van der Waals surface area contributed by atoms with E-state index in [4.69, 9.17) is 4.42 Å². The molecule has 18 heavy (non-hydrogen) atoms. The Hall–Kier alpha value is -1.68. The second kappa shape index (κ2) is 3.92. The Balaban J connectivity index is 2.41. The van der Waals surface area contributed by atoms with Gasteiger partial charge in [0.25, 0.3) is 0 Å². The van der Waals surface area contributed by atoms with Crippen molar-refractivity contribution in [3.05, 3.63) is 45.8 Å². The van der Waals surface area contributed by atoms with Gasteiger partial charge in [-0.2, -0.15) is 0 Å². The zero-order valence-corrected chi connectivity index (χ0v) is 10.9. The Morgan fingerprint density at radius 2 is 2.06 bits per heavy atom. The van der Waals surface area contributed by atoms with E-state index in [0.717, 1.165) is 16.0 Å². The molecule has 0 radical (unpaired) electrons. The third kappa shape index (κ3) is 1.49. The molecule has 0 fully saturated rings. The van der Waals surface area contributed by atoms with Crippen LogP contribution in [0.1, 0.15) is 23.3 Å². The summed E-state index contributed by atoms with van der Waals surface area (Å²) < 4.78 is 5.38. The number of aromatic hydroxyl groups is 1. The van der Waals surface area contributed by atoms with Gasteiger partial charge in [-0.15, -0.1) is 11.8 Å². The van der Waals surface area contributed by atoms with Crippen LogP contribution in [0.4, 0.5) is 0 Å². The van der Waals surface area contributed by atoms with Gasteiger partial charge < -0.3 is 9.52 Å². The van der Waals surface area contributed by atoms with Crippen molar-refractivity contribution in [2.75, 3.05) is 0 Å². The summed E-state index contributed by atoms with van der Waals surface area (Å²) in [7, 11) is 0. The van der Waals surface area contributed by atoms with E-state index in [0.29, 0.717) is 5.76 Å². The van der Waals surface area contributed by atoms with E-state index in [1.54, 1.807) is 18.7 Å². The summed E-state index contributed by atoms with van der Waals surface area (Å²) in [6, 6.07) is 7.76. The fourth-order valence-corrected chi connectivity index (χ4v) is 3.38. The zero-order chi connectivity index (χ0) is 12.9. The first-order chi connectivity index (χ1) is 8.59. The molecular weight excluding hydrogens is 248 g/mol. The third-order valence-electron chi connectivity index (χ3n) is 3.20. The van der Waals surface area contributed by atoms with Gasteiger partial charge in [0, 0.05) is 15.7 Å². The summed E-state index contributed by atoms with van der Waals surface area (Å²) in [6.07, 6.45) is 0. The lowest BCUT2D eigenvalue weighted by Crippen LogP contribution is -2.10. The smallest absolute Gasteiger partial charge is 0.342 e. The molecule has 2 heterocycles. The van der Waals surface area contributed by atoms with Gasteiger partial charge in [0.1, 0.15) is 11.5 Å². The Labute approximate surface area is 108 Å². The van der Waals surface area contributed by atoms with Crippen LogP contribution in [-0.4, -0.2) is 5.11 Å². The minimum Gasteiger partial charge on any atom is -0.507 e. The summed E-state index contributed by atoms with van der Waals surface area (Å²) in [4.78, 5) is 12.8. The molecule has 1 unspecified atom stereocenters. The van der Waals surface area contributed by atoms with Crippen LogP contribution in [0, 0.1) is 6.92 Å². The van der Waals surface area contributed by atoms with Crippen LogP contribution in [0.3, 0.4) is 0 Å². The summed E-state index contributed by atoms with van der Waals surface area (Å²) >= 11 is 1.66. The molecule has 0 spiro atoms. The lowest BCUT2D eigenvalue weighted by atomic mass is 10.0. The predicted molar refractivity (Wildman–Crippen MR) is 71.1 cm³/mol. The lowest BCUT2D eigenvalue weighted by Gasteiger charge is -2.24. The first-order valence-corrected chi connectivity index (χ1v) is 6.60. The fourth-order valence-electron chi connectivity index (χ4n) is 2.21. The molecule has 1 atom stereocenters. The fraction of sp³-hybridized carbons (Fsp3) is 0.214. The van der Waals surface area contributed by atoms with Crippen molar-refractivity contribution >= 4 is 11.8 Å². The van der Waals surface area contributed by atoms with Gasteiger partial charge in [0.15, 0.2) is 0 Å². The standard InChI is InChI=1S/C14H12O3S/c1-7-12(15)11-8(2)18-10-6-4-3-5-9(10)13(11)17-14(7)16/h3-6,8,15H,1-2H3. The summed E-state index contributed by atoms with van der Waals surface area (Å²) in [6.45, 7) is 3.58. The second-order valence-corrected chi connectivity index (χ2v) is 5.74. The van der Waals surface area contributed by atoms with Gasteiger partial charge >= 0.3 is 5.63 Å². The second-order valence-electron chi connectivity index (χ2n) is 4.36. The molecular formula is C14H12O3S. The Morgan fingerprint density at radius 1 is 1.33 bits per heavy atom. The highest BCUT2D eigenvalue weighted by Gasteiger charge is 2.29. The molecule has 1 aromatic heterocycles. The maximum absolute atomic E-state index is 11.7. The highest BCUT2D eigenvalue weighted by molar-refractivity contribution is 7.99. The molecule has 0 bridgehead atoms. The van der Waals surface area contributed by atoms with Gasteiger partial charge in [-0.3, -0.25) is 0 Å². The topological polar surface area (TPSA) is 50.4 Å². The quantitative estimate of drug-likeness (QED) is 0.787. The normalized spacial score (nSPS) is 17.1. The van der Waals surface area contributed by atoms with E-state index >= 15 is 0 Å². The van der Waals surface area contributed by atoms with Crippen LogP contribution in [0.15, 0.2) is 38.4 Å². The number of hydrogen-bond acceptors (Lipinski definition) is 4. The van der Waals surface area contributed by atoms with Gasteiger partial charge in [0.2, 0.25) is 0 Å². The van der Waals surface area contributed by atoms with Crippen molar-refractivity contribution in [3.8, 4) is 17.1 Å². The molecule has 3 rings (SSSR count). The van der Waals surface area contributed by atoms with Crippen molar-refractivity contribution in [3.63, 3.8) is 0 Å². The molecule has 1 aromatic carbocycles. The molecule has 0 saturated carbocycles. The summed E-state index contributed by atoms with van der Waals surface area (Å²) in [5.74, 6) is 0.570. The summed E-state index contributed by atoms with van der Waals surface area (Å²) in [5.41, 5.74) is 1.40. The van der Waals surface area contributed by atoms with E-state index < -0.39 is 5.63 Å². The van der Waals surface area contributed by atoms with Crippen LogP contribution in [0.25, 0.3) is 11.3 Å². The molecule has 1 aliphatic rings. The van der Waals surface area contributed by atoms with Crippen LogP contribution in [0.2, 0.25) is 0 Å². The van der Waals surface area contributed by atoms with Gasteiger partial charge in [-0.1, -0.05) is 18.2 Å². The number of benzene rings is 1. The molecule has 0 saturated heterocycles. The van der Waals surface area contributed by atoms with Crippen LogP contribution in [0.5, 0.6) is 5.75 Å². The SMILES string of the molecule is Cc1c(O)c2c(oc1=O)-c1ccccc1SC2C. The monoisotopic (exact) mass is 260 g/mol. The van der Waals surface area contributed by atoms with E-state index in [1.165, 1.54) is 0 Å². The maximum Gasteiger partial charge on any atom is 0.342 e. The first-order valence-electron chi connectivity index (χ1n) is 5.72. The minimum absolute atomic E-state index is 0.0655. The molecule has 0 amide bonds. The maximum atomic E-state index is 11.7. The van der Waals surface area contributed by atoms with Crippen molar-refractivity contribution in [2.45, 2.75) is 24.0 Å². The number of hydrogen-bond donors (Lipinski definition) is 1. The molecule has 2 aromatic rings. The Bertz CT molecular complexity index is 688. The Kier molecular flexibility index (Phi) is 2.48. The van der Waals surface area contributed by atoms with E-state index in [9.17, 15) is 9.90 Å². The number of thioether (sulfide) groups is 1. The van der Waals surface area contributed by atoms with Crippen molar-refractivity contribution in [1.82, 2.24) is 0 Å². The van der Waals surface area contributed by atoms with Crippen LogP contribution in [-0.2, 0) is 0 Å². The van der Waals surface area contributed by atoms with Crippen molar-refractivity contribution in [1.29, 1.82) is 0 Å². The van der Waals surface area contributed by atoms with Gasteiger partial charge in [-0.25, -0.2) is 4.79 Å². The molecule has 4 heteroatoms. The molecule has 3 nitrogen and oxygen atoms in total. The van der Waals surface area contributed by atoms with Crippen molar-refractivity contribution in [2.24, 2.45) is 0 Å². The minimum atomic E-state index is -0.472. The highest BCUT2D eigenvalue weighted by atomic mass is 32.2. The predicted octanol–water partition coefficient (Wildman–Crippen LogP) is 3.49. The number of rotatable bonds is 0. The molecule has 92 valence electrons. The van der Waals surface area contributed by atoms with Crippen LogP contribution >= 0.6 is 11.8 Å². The molecule has 1 N–H and O–H groups in total. The van der Waals surface area contributed by atoms with Crippen LogP contribution < -0.4 is 5.63 Å². The van der Waals surface area contributed by atoms with Gasteiger partial charge in [-0.05, 0) is 19.9 Å². The lowest BCUT2D eigenvalue weighted by molar-refractivity contribution is 0.435. The third-order valence-corrected chi connectivity index (χ3v) is 4.40. The first kappa shape index (κ1) is 11.4. The number of fused-ring (bicyclic) bond motifs is 3. The Morgan fingerprint density at radius 3 is 2.83 bits per heavy atom. The molecule has 1 aliphatic heterocycles. The van der Waals surface area contributed by atoms with E-state index in [1.807, 2.05) is 31.2 Å². The zero-order valence-electron chi connectivity index (χ0n) is 10.1.